The second-order valence-electron chi connectivity index (χ2n) is 4.90. The minimum absolute atomic E-state index is 0.0516. The zero-order valence-electron chi connectivity index (χ0n) is 10.6. The van der Waals surface area contributed by atoms with Crippen molar-refractivity contribution in [2.45, 2.75) is 19.3 Å². The van der Waals surface area contributed by atoms with E-state index in [1.54, 1.807) is 18.2 Å². The fourth-order valence-electron chi connectivity index (χ4n) is 2.50. The molecule has 3 nitrogen and oxygen atoms in total. The zero-order chi connectivity index (χ0) is 13.8. The number of hydrogen-bond donors (Lipinski definition) is 1. The van der Waals surface area contributed by atoms with Crippen molar-refractivity contribution in [3.05, 3.63) is 33.8 Å². The molecule has 0 aromatic heterocycles. The molecule has 0 radical (unpaired) electrons. The van der Waals surface area contributed by atoms with Gasteiger partial charge in [-0.1, -0.05) is 23.2 Å². The van der Waals surface area contributed by atoms with Crippen molar-refractivity contribution in [2.24, 2.45) is 5.92 Å². The highest BCUT2D eigenvalue weighted by molar-refractivity contribution is 6.36. The normalized spacial score (nSPS) is 19.5. The Balaban J connectivity index is 2.10. The van der Waals surface area contributed by atoms with Crippen molar-refractivity contribution in [2.75, 3.05) is 19.7 Å². The summed E-state index contributed by atoms with van der Waals surface area (Å²) in [7, 11) is 0. The number of aliphatic hydroxyl groups is 1. The van der Waals surface area contributed by atoms with Crippen molar-refractivity contribution in [3.8, 4) is 0 Å². The minimum Gasteiger partial charge on any atom is -0.396 e. The Bertz CT molecular complexity index is 463. The fraction of sp³-hybridized carbons (Fsp3) is 0.500. The lowest BCUT2D eigenvalue weighted by atomic mass is 9.94. The Morgan fingerprint density at radius 1 is 1.42 bits per heavy atom. The maximum absolute atomic E-state index is 12.4. The van der Waals surface area contributed by atoms with E-state index >= 15 is 0 Å². The Hall–Kier alpha value is -0.770. The molecule has 1 unspecified atom stereocenters. The number of halogens is 2. The number of piperidine rings is 1. The van der Waals surface area contributed by atoms with Gasteiger partial charge in [-0.05, 0) is 43.4 Å². The average molecular weight is 302 g/mol. The van der Waals surface area contributed by atoms with Gasteiger partial charge in [0.15, 0.2) is 0 Å². The first kappa shape index (κ1) is 14.6. The van der Waals surface area contributed by atoms with Gasteiger partial charge in [0, 0.05) is 24.7 Å². The van der Waals surface area contributed by atoms with E-state index in [1.807, 2.05) is 4.90 Å². The lowest BCUT2D eigenvalue weighted by molar-refractivity contribution is 0.0654. The highest BCUT2D eigenvalue weighted by Gasteiger charge is 2.25. The summed E-state index contributed by atoms with van der Waals surface area (Å²) >= 11 is 11.9. The molecular weight excluding hydrogens is 285 g/mol. The standard InChI is InChI=1S/C14H17Cl2NO2/c15-11-3-4-12(13(16)8-11)14(19)17-6-1-2-10(9-17)5-7-18/h3-4,8,10,18H,1-2,5-7,9H2. The molecular formula is C14H17Cl2NO2. The van der Waals surface area contributed by atoms with E-state index < -0.39 is 0 Å². The summed E-state index contributed by atoms with van der Waals surface area (Å²) in [6, 6.07) is 4.93. The molecule has 1 heterocycles. The molecule has 104 valence electrons. The molecule has 1 fully saturated rings. The molecule has 1 aliphatic rings. The summed E-state index contributed by atoms with van der Waals surface area (Å²) in [6.45, 7) is 1.62. The predicted molar refractivity (Wildman–Crippen MR) is 76.8 cm³/mol. The van der Waals surface area contributed by atoms with Crippen LogP contribution in [-0.2, 0) is 0 Å². The van der Waals surface area contributed by atoms with E-state index in [2.05, 4.69) is 0 Å². The summed E-state index contributed by atoms with van der Waals surface area (Å²) in [5.41, 5.74) is 0.496. The molecule has 0 saturated carbocycles. The summed E-state index contributed by atoms with van der Waals surface area (Å²) in [6.07, 6.45) is 2.79. The summed E-state index contributed by atoms with van der Waals surface area (Å²) in [4.78, 5) is 14.2. The van der Waals surface area contributed by atoms with Gasteiger partial charge in [-0.3, -0.25) is 4.79 Å². The van der Waals surface area contributed by atoms with Crippen LogP contribution in [0.1, 0.15) is 29.6 Å². The van der Waals surface area contributed by atoms with Crippen LogP contribution in [0.4, 0.5) is 0 Å². The Morgan fingerprint density at radius 2 is 2.21 bits per heavy atom. The summed E-state index contributed by atoms with van der Waals surface area (Å²) in [5.74, 6) is 0.332. The predicted octanol–water partition coefficient (Wildman–Crippen LogP) is 3.23. The SMILES string of the molecule is O=C(c1ccc(Cl)cc1Cl)N1CCCC(CCO)C1. The summed E-state index contributed by atoms with van der Waals surface area (Å²) < 4.78 is 0. The summed E-state index contributed by atoms with van der Waals surface area (Å²) in [5, 5.41) is 9.91. The molecule has 19 heavy (non-hydrogen) atoms. The van der Waals surface area contributed by atoms with Crippen LogP contribution in [0.5, 0.6) is 0 Å². The first-order chi connectivity index (χ1) is 9.11. The van der Waals surface area contributed by atoms with Gasteiger partial charge in [0.2, 0.25) is 0 Å². The van der Waals surface area contributed by atoms with Gasteiger partial charge in [0.25, 0.3) is 5.91 Å². The molecule has 5 heteroatoms. The van der Waals surface area contributed by atoms with Crippen LogP contribution >= 0.6 is 23.2 Å². The van der Waals surface area contributed by atoms with Crippen molar-refractivity contribution < 1.29 is 9.90 Å². The number of rotatable bonds is 3. The molecule has 0 spiro atoms. The monoisotopic (exact) mass is 301 g/mol. The molecule has 0 aliphatic carbocycles. The molecule has 1 aromatic carbocycles. The molecule has 1 aromatic rings. The lowest BCUT2D eigenvalue weighted by Gasteiger charge is -2.32. The van der Waals surface area contributed by atoms with Crippen molar-refractivity contribution >= 4 is 29.1 Å². The number of carbonyl (C=O) groups excluding carboxylic acids is 1. The van der Waals surface area contributed by atoms with Gasteiger partial charge < -0.3 is 10.0 Å². The number of carbonyl (C=O) groups is 1. The second kappa shape index (κ2) is 6.60. The highest BCUT2D eigenvalue weighted by atomic mass is 35.5. The van der Waals surface area contributed by atoms with Gasteiger partial charge in [0.05, 0.1) is 10.6 Å². The Labute approximate surface area is 123 Å². The fourth-order valence-corrected chi connectivity index (χ4v) is 2.99. The van der Waals surface area contributed by atoms with E-state index in [-0.39, 0.29) is 12.5 Å². The largest absolute Gasteiger partial charge is 0.396 e. The van der Waals surface area contributed by atoms with Crippen LogP contribution in [0.15, 0.2) is 18.2 Å². The number of amides is 1. The number of likely N-dealkylation sites (tertiary alicyclic amines) is 1. The van der Waals surface area contributed by atoms with E-state index in [9.17, 15) is 4.79 Å². The zero-order valence-corrected chi connectivity index (χ0v) is 12.1. The first-order valence-corrected chi connectivity index (χ1v) is 7.22. The maximum atomic E-state index is 12.4. The lowest BCUT2D eigenvalue weighted by Crippen LogP contribution is -2.40. The third-order valence-electron chi connectivity index (χ3n) is 3.51. The number of nitrogens with zero attached hydrogens (tertiary/aromatic N) is 1. The van der Waals surface area contributed by atoms with Crippen LogP contribution in [0.2, 0.25) is 10.0 Å². The third-order valence-corrected chi connectivity index (χ3v) is 4.05. The van der Waals surface area contributed by atoms with Crippen LogP contribution in [-0.4, -0.2) is 35.6 Å². The van der Waals surface area contributed by atoms with Crippen LogP contribution < -0.4 is 0 Å². The number of hydrogen-bond acceptors (Lipinski definition) is 2. The smallest absolute Gasteiger partial charge is 0.255 e. The molecule has 1 saturated heterocycles. The van der Waals surface area contributed by atoms with Gasteiger partial charge in [0.1, 0.15) is 0 Å². The van der Waals surface area contributed by atoms with Crippen molar-refractivity contribution in [1.82, 2.24) is 4.90 Å². The van der Waals surface area contributed by atoms with E-state index in [4.69, 9.17) is 28.3 Å². The van der Waals surface area contributed by atoms with E-state index in [0.29, 0.717) is 28.1 Å². The van der Waals surface area contributed by atoms with Gasteiger partial charge in [-0.25, -0.2) is 0 Å². The van der Waals surface area contributed by atoms with E-state index in [1.165, 1.54) is 0 Å². The van der Waals surface area contributed by atoms with E-state index in [0.717, 1.165) is 25.8 Å². The molecule has 0 bridgehead atoms. The molecule has 1 N–H and O–H groups in total. The topological polar surface area (TPSA) is 40.5 Å². The maximum Gasteiger partial charge on any atom is 0.255 e. The third kappa shape index (κ3) is 3.62. The Kier molecular flexibility index (Phi) is 5.08. The second-order valence-corrected chi connectivity index (χ2v) is 5.74. The average Bonchev–Trinajstić information content (AvgIpc) is 2.39. The molecule has 2 rings (SSSR count). The number of benzene rings is 1. The van der Waals surface area contributed by atoms with Gasteiger partial charge >= 0.3 is 0 Å². The Morgan fingerprint density at radius 3 is 2.89 bits per heavy atom. The van der Waals surface area contributed by atoms with Crippen LogP contribution in [0.25, 0.3) is 0 Å². The van der Waals surface area contributed by atoms with Crippen molar-refractivity contribution in [3.63, 3.8) is 0 Å². The van der Waals surface area contributed by atoms with Gasteiger partial charge in [-0.15, -0.1) is 0 Å². The number of aliphatic hydroxyl groups excluding tert-OH is 1. The minimum atomic E-state index is -0.0516. The van der Waals surface area contributed by atoms with Gasteiger partial charge in [-0.2, -0.15) is 0 Å². The molecule has 1 amide bonds. The highest BCUT2D eigenvalue weighted by Crippen LogP contribution is 2.25. The first-order valence-electron chi connectivity index (χ1n) is 6.47. The molecule has 1 atom stereocenters. The quantitative estimate of drug-likeness (QED) is 0.931. The molecule has 1 aliphatic heterocycles. The van der Waals surface area contributed by atoms with Crippen LogP contribution in [0, 0.1) is 5.92 Å². The van der Waals surface area contributed by atoms with Crippen molar-refractivity contribution in [1.29, 1.82) is 0 Å². The van der Waals surface area contributed by atoms with Crippen LogP contribution in [0.3, 0.4) is 0 Å².